The monoisotopic (exact) mass is 296 g/mol. The number of anilines is 1. The minimum atomic E-state index is -0.192. The van der Waals surface area contributed by atoms with E-state index in [1.807, 2.05) is 0 Å². The van der Waals surface area contributed by atoms with Crippen molar-refractivity contribution in [3.05, 3.63) is 29.8 Å². The summed E-state index contributed by atoms with van der Waals surface area (Å²) in [5.74, 6) is 0. The third-order valence-corrected chi connectivity index (χ3v) is 8.07. The number of benzene rings is 1. The van der Waals surface area contributed by atoms with Crippen molar-refractivity contribution >= 4 is 5.69 Å². The van der Waals surface area contributed by atoms with E-state index in [1.165, 1.54) is 50.0 Å². The topological polar surface area (TPSA) is 35.5 Å². The Balaban J connectivity index is 1.68. The van der Waals surface area contributed by atoms with Crippen molar-refractivity contribution in [1.82, 2.24) is 4.90 Å². The Labute approximate surface area is 131 Å². The molecule has 3 heterocycles. The first kappa shape index (κ1) is 12.4. The van der Waals surface area contributed by atoms with Crippen molar-refractivity contribution in [2.24, 2.45) is 5.41 Å². The summed E-state index contributed by atoms with van der Waals surface area (Å²) in [7, 11) is 0. The molecule has 3 heteroatoms. The third-order valence-electron chi connectivity index (χ3n) is 8.07. The summed E-state index contributed by atoms with van der Waals surface area (Å²) in [4.78, 5) is 2.78. The average molecular weight is 296 g/mol. The number of hydrogen-bond acceptors (Lipinski definition) is 3. The number of nitrogens with one attached hydrogen (secondary N) is 1. The predicted octanol–water partition coefficient (Wildman–Crippen LogP) is 2.50. The van der Waals surface area contributed by atoms with Gasteiger partial charge in [-0.25, -0.2) is 0 Å². The zero-order chi connectivity index (χ0) is 14.6. The number of piperidine rings is 1. The first-order chi connectivity index (χ1) is 10.7. The lowest BCUT2D eigenvalue weighted by atomic mass is 9.41. The van der Waals surface area contributed by atoms with Gasteiger partial charge in [-0.05, 0) is 68.7 Å². The number of hydrogen-bond donors (Lipinski definition) is 2. The van der Waals surface area contributed by atoms with Crippen molar-refractivity contribution < 1.29 is 5.11 Å². The highest BCUT2D eigenvalue weighted by Gasteiger charge is 2.77. The molecule has 3 spiro atoms. The second kappa shape index (κ2) is 3.54. The van der Waals surface area contributed by atoms with Crippen LogP contribution in [0.2, 0.25) is 0 Å². The summed E-state index contributed by atoms with van der Waals surface area (Å²) in [6.07, 6.45) is 7.13. The Morgan fingerprint density at radius 1 is 1.09 bits per heavy atom. The van der Waals surface area contributed by atoms with Gasteiger partial charge in [0.15, 0.2) is 0 Å². The van der Waals surface area contributed by atoms with Crippen LogP contribution < -0.4 is 5.32 Å². The smallest absolute Gasteiger partial charge is 0.0785 e. The van der Waals surface area contributed by atoms with E-state index in [0.717, 1.165) is 12.8 Å². The Morgan fingerprint density at radius 3 is 2.91 bits per heavy atom. The zero-order valence-corrected chi connectivity index (χ0v) is 13.0. The maximum absolute atomic E-state index is 11.2. The molecule has 0 amide bonds. The summed E-state index contributed by atoms with van der Waals surface area (Å²) in [5, 5.41) is 15.1. The van der Waals surface area contributed by atoms with Crippen molar-refractivity contribution in [2.45, 2.75) is 61.6 Å². The van der Waals surface area contributed by atoms with Crippen LogP contribution in [-0.4, -0.2) is 40.8 Å². The Bertz CT molecular complexity index is 675. The molecule has 3 nitrogen and oxygen atoms in total. The van der Waals surface area contributed by atoms with Crippen molar-refractivity contribution in [1.29, 1.82) is 0 Å². The molecule has 1 aromatic rings. The van der Waals surface area contributed by atoms with Gasteiger partial charge in [0.25, 0.3) is 0 Å². The van der Waals surface area contributed by atoms with E-state index in [4.69, 9.17) is 0 Å². The summed E-state index contributed by atoms with van der Waals surface area (Å²) < 4.78 is 0. The molecule has 5 atom stereocenters. The molecule has 2 bridgehead atoms. The number of rotatable bonds is 0. The summed E-state index contributed by atoms with van der Waals surface area (Å²) >= 11 is 0. The van der Waals surface area contributed by atoms with Gasteiger partial charge in [-0.1, -0.05) is 18.2 Å². The summed E-state index contributed by atoms with van der Waals surface area (Å²) in [6.45, 7) is 2.49. The van der Waals surface area contributed by atoms with E-state index in [-0.39, 0.29) is 17.1 Å². The lowest BCUT2D eigenvalue weighted by Gasteiger charge is -2.68. The third kappa shape index (κ3) is 1.03. The fourth-order valence-electron chi connectivity index (χ4n) is 7.56. The van der Waals surface area contributed by atoms with Crippen LogP contribution in [0.25, 0.3) is 0 Å². The van der Waals surface area contributed by atoms with Crippen LogP contribution in [0.15, 0.2) is 24.3 Å². The molecule has 7 rings (SSSR count). The largest absolute Gasteiger partial charge is 0.391 e. The Hall–Kier alpha value is -1.06. The molecule has 3 saturated carbocycles. The molecule has 116 valence electrons. The molecular weight excluding hydrogens is 272 g/mol. The number of aliphatic hydroxyl groups excluding tert-OH is 1. The fraction of sp³-hybridized carbons (Fsp3) is 0.684. The van der Waals surface area contributed by atoms with Crippen LogP contribution in [-0.2, 0) is 5.41 Å². The maximum atomic E-state index is 11.2. The van der Waals surface area contributed by atoms with E-state index >= 15 is 0 Å². The molecule has 0 aromatic heterocycles. The van der Waals surface area contributed by atoms with Crippen LogP contribution in [0.1, 0.15) is 44.1 Å². The van der Waals surface area contributed by atoms with Gasteiger partial charge in [0.1, 0.15) is 0 Å². The number of aliphatic hydroxyl groups is 1. The van der Waals surface area contributed by atoms with Gasteiger partial charge in [-0.2, -0.15) is 0 Å². The minimum absolute atomic E-state index is 0.102. The van der Waals surface area contributed by atoms with Gasteiger partial charge in [-0.3, -0.25) is 4.90 Å². The fourth-order valence-corrected chi connectivity index (χ4v) is 7.56. The lowest BCUT2D eigenvalue weighted by Crippen LogP contribution is -2.77. The normalized spacial score (nSPS) is 51.1. The zero-order valence-electron chi connectivity index (χ0n) is 13.0. The molecule has 3 aliphatic carbocycles. The standard InChI is InChI=1S/C19H24N2O/c22-15-12-17-6-3-10-21-11-9-18(16(17)21)13-4-1-2-5-14(13)20-19(15,18)8-7-17/h1-2,4-5,15-16,20,22H,3,6-12H2/t15-,16-,17+,18+,19+/m0/s1. The van der Waals surface area contributed by atoms with Crippen LogP contribution in [0.5, 0.6) is 0 Å². The van der Waals surface area contributed by atoms with Crippen LogP contribution >= 0.6 is 0 Å². The molecule has 6 aliphatic rings. The quantitative estimate of drug-likeness (QED) is 0.772. The highest BCUT2D eigenvalue weighted by atomic mass is 16.3. The van der Waals surface area contributed by atoms with E-state index in [1.54, 1.807) is 0 Å². The highest BCUT2D eigenvalue weighted by molar-refractivity contribution is 5.68. The van der Waals surface area contributed by atoms with Crippen molar-refractivity contribution in [3.8, 4) is 0 Å². The predicted molar refractivity (Wildman–Crippen MR) is 86.0 cm³/mol. The number of nitrogens with zero attached hydrogens (tertiary/aromatic N) is 1. The average Bonchev–Trinajstić information content (AvgIpc) is 3.07. The second-order valence-corrected chi connectivity index (χ2v) is 8.49. The SMILES string of the molecule is O[C@H]1C[C@@]23CCCN4CC[C@@]5(c6ccccc6N[C@]15CC2)[C@@H]43. The summed E-state index contributed by atoms with van der Waals surface area (Å²) in [6, 6.07) is 9.56. The van der Waals surface area contributed by atoms with E-state index in [0.29, 0.717) is 11.5 Å². The first-order valence-electron chi connectivity index (χ1n) is 9.02. The number of fused-ring (bicyclic) bond motifs is 3. The van der Waals surface area contributed by atoms with Crippen LogP contribution in [0, 0.1) is 5.41 Å². The minimum Gasteiger partial charge on any atom is -0.391 e. The Kier molecular flexibility index (Phi) is 1.99. The molecule has 2 saturated heterocycles. The molecular formula is C19H24N2O. The summed E-state index contributed by atoms with van der Waals surface area (Å²) in [5.41, 5.74) is 3.23. The van der Waals surface area contributed by atoms with Crippen molar-refractivity contribution in [2.75, 3.05) is 18.4 Å². The van der Waals surface area contributed by atoms with Crippen LogP contribution in [0.3, 0.4) is 0 Å². The maximum Gasteiger partial charge on any atom is 0.0785 e. The van der Waals surface area contributed by atoms with Gasteiger partial charge < -0.3 is 10.4 Å². The van der Waals surface area contributed by atoms with Gasteiger partial charge in [-0.15, -0.1) is 0 Å². The van der Waals surface area contributed by atoms with Crippen molar-refractivity contribution in [3.63, 3.8) is 0 Å². The van der Waals surface area contributed by atoms with E-state index in [2.05, 4.69) is 34.5 Å². The van der Waals surface area contributed by atoms with Gasteiger partial charge in [0.05, 0.1) is 11.6 Å². The molecule has 2 N–H and O–H groups in total. The Morgan fingerprint density at radius 2 is 2.00 bits per heavy atom. The molecule has 1 aromatic carbocycles. The van der Waals surface area contributed by atoms with Gasteiger partial charge in [0.2, 0.25) is 0 Å². The molecule has 22 heavy (non-hydrogen) atoms. The van der Waals surface area contributed by atoms with Gasteiger partial charge >= 0.3 is 0 Å². The van der Waals surface area contributed by atoms with Gasteiger partial charge in [0, 0.05) is 17.1 Å². The first-order valence-corrected chi connectivity index (χ1v) is 9.02. The second-order valence-electron chi connectivity index (χ2n) is 8.49. The van der Waals surface area contributed by atoms with Crippen LogP contribution in [0.4, 0.5) is 5.69 Å². The molecule has 0 unspecified atom stereocenters. The lowest BCUT2D eigenvalue weighted by molar-refractivity contribution is -0.155. The highest BCUT2D eigenvalue weighted by Crippen LogP contribution is 2.72. The van der Waals surface area contributed by atoms with E-state index < -0.39 is 0 Å². The molecule has 0 radical (unpaired) electrons. The van der Waals surface area contributed by atoms with E-state index in [9.17, 15) is 5.11 Å². The molecule has 3 aliphatic heterocycles. The molecule has 5 fully saturated rings. The number of para-hydroxylation sites is 1.